The van der Waals surface area contributed by atoms with Crippen molar-refractivity contribution in [3.63, 3.8) is 0 Å². The Labute approximate surface area is 159 Å². The lowest BCUT2D eigenvalue weighted by molar-refractivity contribution is -0.139. The molecule has 7 heteroatoms. The molecule has 0 radical (unpaired) electrons. The molecule has 0 aliphatic carbocycles. The first-order valence-electron chi connectivity index (χ1n) is 8.91. The van der Waals surface area contributed by atoms with Gasteiger partial charge >= 0.3 is 0 Å². The minimum Gasteiger partial charge on any atom is -0.495 e. The van der Waals surface area contributed by atoms with Crippen molar-refractivity contribution < 1.29 is 14.3 Å². The van der Waals surface area contributed by atoms with Crippen molar-refractivity contribution in [2.45, 2.75) is 32.7 Å². The van der Waals surface area contributed by atoms with Gasteiger partial charge in [-0.1, -0.05) is 25.4 Å². The summed E-state index contributed by atoms with van der Waals surface area (Å²) < 4.78 is 5.35. The lowest BCUT2D eigenvalue weighted by Gasteiger charge is -2.43. The van der Waals surface area contributed by atoms with Crippen molar-refractivity contribution >= 4 is 29.1 Å². The van der Waals surface area contributed by atoms with Crippen LogP contribution in [0, 0.1) is 11.3 Å². The summed E-state index contributed by atoms with van der Waals surface area (Å²) in [6.45, 7) is 5.78. The minimum atomic E-state index is -0.351. The number of halogens is 1. The number of hydrogen-bond donors (Lipinski definition) is 1. The molecule has 0 bridgehead atoms. The Balaban J connectivity index is 1.76. The van der Waals surface area contributed by atoms with Gasteiger partial charge in [-0.2, -0.15) is 0 Å². The number of nitrogens with two attached hydrogens (primary N) is 1. The lowest BCUT2D eigenvalue weighted by Crippen LogP contribution is -2.55. The molecule has 2 aliphatic rings. The number of ether oxygens (including phenoxy) is 1. The molecule has 2 fully saturated rings. The van der Waals surface area contributed by atoms with E-state index in [4.69, 9.17) is 22.1 Å². The van der Waals surface area contributed by atoms with E-state index in [0.29, 0.717) is 36.1 Å². The Morgan fingerprint density at radius 2 is 2.12 bits per heavy atom. The summed E-state index contributed by atoms with van der Waals surface area (Å²) in [5.41, 5.74) is 6.66. The molecule has 2 unspecified atom stereocenters. The number of benzene rings is 1. The molecular weight excluding hydrogens is 354 g/mol. The molecule has 2 aliphatic heterocycles. The summed E-state index contributed by atoms with van der Waals surface area (Å²) in [5, 5.41) is 0.523. The van der Waals surface area contributed by atoms with Gasteiger partial charge in [-0.3, -0.25) is 9.59 Å². The van der Waals surface area contributed by atoms with Gasteiger partial charge in [-0.15, -0.1) is 0 Å². The number of piperidine rings is 1. The lowest BCUT2D eigenvalue weighted by atomic mass is 9.79. The molecular formula is C19H26ClN3O3. The highest BCUT2D eigenvalue weighted by Crippen LogP contribution is 2.36. The fourth-order valence-electron chi connectivity index (χ4n) is 3.80. The molecule has 2 saturated heterocycles. The third kappa shape index (κ3) is 3.53. The largest absolute Gasteiger partial charge is 0.495 e. The number of methoxy groups -OCH3 is 1. The molecule has 0 aromatic heterocycles. The van der Waals surface area contributed by atoms with Crippen molar-refractivity contribution in [3.8, 4) is 5.75 Å². The van der Waals surface area contributed by atoms with Gasteiger partial charge < -0.3 is 20.3 Å². The molecule has 0 spiro atoms. The van der Waals surface area contributed by atoms with Crippen LogP contribution in [-0.2, 0) is 9.59 Å². The van der Waals surface area contributed by atoms with Gasteiger partial charge in [0.15, 0.2) is 0 Å². The van der Waals surface area contributed by atoms with Crippen LogP contribution in [0.25, 0.3) is 0 Å². The molecule has 0 saturated carbocycles. The van der Waals surface area contributed by atoms with Gasteiger partial charge in [0.05, 0.1) is 18.7 Å². The molecule has 1 aromatic rings. The van der Waals surface area contributed by atoms with Crippen LogP contribution in [0.15, 0.2) is 18.2 Å². The molecule has 26 heavy (non-hydrogen) atoms. The quantitative estimate of drug-likeness (QED) is 0.874. The van der Waals surface area contributed by atoms with Crippen LogP contribution in [0.1, 0.15) is 26.7 Å². The van der Waals surface area contributed by atoms with E-state index in [-0.39, 0.29) is 35.6 Å². The number of carbonyl (C=O) groups is 2. The maximum Gasteiger partial charge on any atom is 0.228 e. The second kappa shape index (κ2) is 7.08. The zero-order valence-corrected chi connectivity index (χ0v) is 16.3. The molecule has 2 N–H and O–H groups in total. The highest BCUT2D eigenvalue weighted by Gasteiger charge is 2.41. The Bertz CT molecular complexity index is 722. The highest BCUT2D eigenvalue weighted by atomic mass is 35.5. The topological polar surface area (TPSA) is 75.9 Å². The minimum absolute atomic E-state index is 0.0295. The monoisotopic (exact) mass is 379 g/mol. The van der Waals surface area contributed by atoms with E-state index >= 15 is 0 Å². The predicted octanol–water partition coefficient (Wildman–Crippen LogP) is 2.29. The molecule has 2 heterocycles. The van der Waals surface area contributed by atoms with Crippen LogP contribution in [0.4, 0.5) is 5.69 Å². The summed E-state index contributed by atoms with van der Waals surface area (Å²) >= 11 is 6.09. The second-order valence-corrected chi connectivity index (χ2v) is 8.30. The fourth-order valence-corrected chi connectivity index (χ4v) is 3.97. The molecule has 2 atom stereocenters. The maximum atomic E-state index is 13.0. The summed E-state index contributed by atoms with van der Waals surface area (Å²) in [7, 11) is 1.55. The summed E-state index contributed by atoms with van der Waals surface area (Å²) in [5.74, 6) is 0.163. The Hall–Kier alpha value is -1.79. The van der Waals surface area contributed by atoms with E-state index in [1.807, 2.05) is 4.90 Å². The van der Waals surface area contributed by atoms with Crippen LogP contribution in [-0.4, -0.2) is 49.5 Å². The zero-order valence-electron chi connectivity index (χ0n) is 15.5. The highest BCUT2D eigenvalue weighted by molar-refractivity contribution is 6.31. The SMILES string of the molecule is COc1ccc(Cl)cc1N1CC(C(=O)N2CCC(N)C(C)(C)C2)CC1=O. The summed E-state index contributed by atoms with van der Waals surface area (Å²) in [4.78, 5) is 29.0. The standard InChI is InChI=1S/C19H26ClN3O3/c1-19(2)11-22(7-6-16(19)21)18(25)12-8-17(24)23(10-12)14-9-13(20)4-5-15(14)26-3/h4-5,9,12,16H,6-8,10-11,21H2,1-3H3. The first-order valence-corrected chi connectivity index (χ1v) is 9.29. The van der Waals surface area contributed by atoms with Crippen LogP contribution in [0.2, 0.25) is 5.02 Å². The van der Waals surface area contributed by atoms with Crippen molar-refractivity contribution in [1.29, 1.82) is 0 Å². The van der Waals surface area contributed by atoms with Crippen LogP contribution in [0.5, 0.6) is 5.75 Å². The number of carbonyl (C=O) groups excluding carboxylic acids is 2. The van der Waals surface area contributed by atoms with Crippen molar-refractivity contribution in [3.05, 3.63) is 23.2 Å². The molecule has 142 valence electrons. The molecule has 3 rings (SSSR count). The first kappa shape index (κ1) is 19.0. The zero-order chi connectivity index (χ0) is 19.1. The predicted molar refractivity (Wildman–Crippen MR) is 101 cm³/mol. The Morgan fingerprint density at radius 1 is 1.38 bits per heavy atom. The van der Waals surface area contributed by atoms with Crippen molar-refractivity contribution in [2.24, 2.45) is 17.1 Å². The van der Waals surface area contributed by atoms with E-state index in [2.05, 4.69) is 13.8 Å². The van der Waals surface area contributed by atoms with Crippen LogP contribution >= 0.6 is 11.6 Å². The Kier molecular flexibility index (Phi) is 5.17. The van der Waals surface area contributed by atoms with Gasteiger partial charge in [0.1, 0.15) is 5.75 Å². The van der Waals surface area contributed by atoms with E-state index < -0.39 is 0 Å². The smallest absolute Gasteiger partial charge is 0.228 e. The first-order chi connectivity index (χ1) is 12.2. The van der Waals surface area contributed by atoms with E-state index in [9.17, 15) is 9.59 Å². The molecule has 2 amide bonds. The third-order valence-electron chi connectivity index (χ3n) is 5.53. The van der Waals surface area contributed by atoms with E-state index in [1.165, 1.54) is 0 Å². The Morgan fingerprint density at radius 3 is 2.77 bits per heavy atom. The van der Waals surface area contributed by atoms with Gasteiger partial charge in [-0.05, 0) is 30.0 Å². The average molecular weight is 380 g/mol. The molecule has 1 aromatic carbocycles. The summed E-state index contributed by atoms with van der Waals surface area (Å²) in [6, 6.07) is 5.23. The number of amides is 2. The average Bonchev–Trinajstić information content (AvgIpc) is 2.98. The van der Waals surface area contributed by atoms with Gasteiger partial charge in [0.2, 0.25) is 11.8 Å². The van der Waals surface area contributed by atoms with E-state index in [1.54, 1.807) is 30.2 Å². The number of hydrogen-bond acceptors (Lipinski definition) is 4. The van der Waals surface area contributed by atoms with Gasteiger partial charge in [0.25, 0.3) is 0 Å². The third-order valence-corrected chi connectivity index (χ3v) is 5.76. The number of nitrogens with zero attached hydrogens (tertiary/aromatic N) is 2. The fraction of sp³-hybridized carbons (Fsp3) is 0.579. The van der Waals surface area contributed by atoms with Crippen LogP contribution < -0.4 is 15.4 Å². The normalized spacial score (nSPS) is 25.5. The maximum absolute atomic E-state index is 13.0. The van der Waals surface area contributed by atoms with Crippen molar-refractivity contribution in [2.75, 3.05) is 31.6 Å². The van der Waals surface area contributed by atoms with Crippen LogP contribution in [0.3, 0.4) is 0 Å². The second-order valence-electron chi connectivity index (χ2n) is 7.87. The van der Waals surface area contributed by atoms with Gasteiger partial charge in [0, 0.05) is 37.1 Å². The van der Waals surface area contributed by atoms with Crippen molar-refractivity contribution in [1.82, 2.24) is 4.90 Å². The van der Waals surface area contributed by atoms with E-state index in [0.717, 1.165) is 6.42 Å². The number of rotatable bonds is 3. The molecule has 6 nitrogen and oxygen atoms in total. The number of likely N-dealkylation sites (tertiary alicyclic amines) is 1. The summed E-state index contributed by atoms with van der Waals surface area (Å²) in [6.07, 6.45) is 0.989. The number of anilines is 1. The van der Waals surface area contributed by atoms with Gasteiger partial charge in [-0.25, -0.2) is 0 Å².